The first kappa shape index (κ1) is 46.4. The number of benzene rings is 3. The fraction of sp³-hybridized carbons (Fsp3) is 0.375. The lowest BCUT2D eigenvalue weighted by molar-refractivity contribution is -0.154. The molecule has 0 saturated heterocycles. The van der Waals surface area contributed by atoms with E-state index in [1.807, 2.05) is 13.0 Å². The topological polar surface area (TPSA) is 210 Å². The molecule has 0 bridgehead atoms. The molecule has 308 valence electrons. The second kappa shape index (κ2) is 23.3. The van der Waals surface area contributed by atoms with E-state index >= 15 is 0 Å². The van der Waals surface area contributed by atoms with Crippen LogP contribution in [0, 0.1) is 12.3 Å². The van der Waals surface area contributed by atoms with E-state index in [-0.39, 0.29) is 70.4 Å². The van der Waals surface area contributed by atoms with E-state index in [1.165, 1.54) is 24.3 Å². The van der Waals surface area contributed by atoms with E-state index < -0.39 is 33.9 Å². The molecule has 0 radical (unpaired) electrons. The SMILES string of the molecule is C=C(CC)C(=O)c1ccc(OCC(=O)NCCCCCCNC(=O)C(CCCN(C(=N)N)S(=O)(=O)c2cccc(C)c2)NOC(=O)Cc2ccccc2)c(Cl)c1Cl. The molecule has 57 heavy (non-hydrogen) atoms. The Labute approximate surface area is 344 Å². The minimum absolute atomic E-state index is 0.0142. The number of guanidine groups is 1. The summed E-state index contributed by atoms with van der Waals surface area (Å²) in [5.41, 5.74) is 10.3. The number of nitrogens with two attached hydrogens (primary N) is 1. The molecule has 0 saturated carbocycles. The van der Waals surface area contributed by atoms with Crippen molar-refractivity contribution in [1.82, 2.24) is 20.4 Å². The minimum atomic E-state index is -4.13. The molecule has 1 unspecified atom stereocenters. The minimum Gasteiger partial charge on any atom is -0.482 e. The van der Waals surface area contributed by atoms with Crippen molar-refractivity contribution in [2.45, 2.75) is 76.2 Å². The van der Waals surface area contributed by atoms with Gasteiger partial charge in [-0.05, 0) is 80.0 Å². The number of ketones is 1. The van der Waals surface area contributed by atoms with Crippen molar-refractivity contribution in [3.05, 3.63) is 106 Å². The number of halogens is 2. The molecule has 0 aliphatic rings. The highest BCUT2D eigenvalue weighted by atomic mass is 35.5. The maximum atomic E-state index is 13.3. The van der Waals surface area contributed by atoms with Gasteiger partial charge in [0.2, 0.25) is 11.9 Å². The molecule has 2 amide bonds. The van der Waals surface area contributed by atoms with Crippen LogP contribution in [0.5, 0.6) is 5.75 Å². The van der Waals surface area contributed by atoms with Crippen LogP contribution >= 0.6 is 23.2 Å². The second-order valence-electron chi connectivity index (χ2n) is 13.1. The summed E-state index contributed by atoms with van der Waals surface area (Å²) in [5.74, 6) is -2.24. The average molecular weight is 846 g/mol. The summed E-state index contributed by atoms with van der Waals surface area (Å²) < 4.78 is 32.8. The molecule has 3 aromatic rings. The number of ether oxygens (including phenoxy) is 1. The highest BCUT2D eigenvalue weighted by Crippen LogP contribution is 2.35. The lowest BCUT2D eigenvalue weighted by Crippen LogP contribution is -2.46. The molecule has 6 N–H and O–H groups in total. The Balaban J connectivity index is 1.44. The third-order valence-corrected chi connectivity index (χ3v) is 11.3. The molecule has 0 spiro atoms. The largest absolute Gasteiger partial charge is 0.482 e. The fourth-order valence-corrected chi connectivity index (χ4v) is 7.35. The number of sulfonamides is 1. The van der Waals surface area contributed by atoms with Gasteiger partial charge in [0.15, 0.2) is 12.4 Å². The van der Waals surface area contributed by atoms with E-state index in [2.05, 4.69) is 22.7 Å². The van der Waals surface area contributed by atoms with Gasteiger partial charge in [0.05, 0.1) is 16.3 Å². The van der Waals surface area contributed by atoms with Crippen LogP contribution in [0.4, 0.5) is 0 Å². The number of carbonyl (C=O) groups excluding carboxylic acids is 4. The number of nitrogens with one attached hydrogen (secondary N) is 4. The van der Waals surface area contributed by atoms with Crippen molar-refractivity contribution in [2.24, 2.45) is 5.73 Å². The normalized spacial score (nSPS) is 11.6. The molecule has 3 aromatic carbocycles. The quantitative estimate of drug-likeness (QED) is 0.0187. The average Bonchev–Trinajstić information content (AvgIpc) is 3.18. The van der Waals surface area contributed by atoms with Crippen molar-refractivity contribution in [2.75, 3.05) is 26.2 Å². The van der Waals surface area contributed by atoms with Gasteiger partial charge in [-0.15, -0.1) is 5.48 Å². The zero-order chi connectivity index (χ0) is 42.0. The predicted molar refractivity (Wildman–Crippen MR) is 220 cm³/mol. The highest BCUT2D eigenvalue weighted by Gasteiger charge is 2.27. The Bertz CT molecular complexity index is 2000. The summed E-state index contributed by atoms with van der Waals surface area (Å²) in [6.07, 6.45) is 3.39. The molecule has 3 rings (SSSR count). The van der Waals surface area contributed by atoms with Crippen molar-refractivity contribution in [3.8, 4) is 5.75 Å². The Morgan fingerprint density at radius 1 is 0.912 bits per heavy atom. The van der Waals surface area contributed by atoms with Crippen LogP contribution in [0.15, 0.2) is 83.8 Å². The molecule has 1 atom stereocenters. The molecular weight excluding hydrogens is 795 g/mol. The number of hydrogen-bond acceptors (Lipinski definition) is 10. The first-order chi connectivity index (χ1) is 27.1. The van der Waals surface area contributed by atoms with Gasteiger partial charge in [0.25, 0.3) is 15.9 Å². The molecule has 0 aliphatic heterocycles. The molecule has 0 aliphatic carbocycles. The smallest absolute Gasteiger partial charge is 0.329 e. The number of amides is 2. The number of hydroxylamine groups is 1. The van der Waals surface area contributed by atoms with Crippen LogP contribution in [-0.2, 0) is 35.7 Å². The van der Waals surface area contributed by atoms with Crippen LogP contribution in [0.2, 0.25) is 10.0 Å². The maximum absolute atomic E-state index is 13.3. The summed E-state index contributed by atoms with van der Waals surface area (Å²) in [4.78, 5) is 55.7. The first-order valence-electron chi connectivity index (χ1n) is 18.5. The highest BCUT2D eigenvalue weighted by molar-refractivity contribution is 7.89. The van der Waals surface area contributed by atoms with E-state index in [1.54, 1.807) is 43.3 Å². The van der Waals surface area contributed by atoms with Crippen molar-refractivity contribution < 1.29 is 37.2 Å². The van der Waals surface area contributed by atoms with Crippen LogP contribution in [0.3, 0.4) is 0 Å². The molecule has 14 nitrogen and oxygen atoms in total. The lowest BCUT2D eigenvalue weighted by Gasteiger charge is -2.24. The number of rotatable bonds is 24. The number of allylic oxidation sites excluding steroid dienone is 1. The zero-order valence-corrected chi connectivity index (χ0v) is 34.4. The lowest BCUT2D eigenvalue weighted by atomic mass is 10.0. The summed E-state index contributed by atoms with van der Waals surface area (Å²) in [5, 5.41) is 13.6. The number of carbonyl (C=O) groups is 4. The number of hydrogen-bond donors (Lipinski definition) is 5. The van der Waals surface area contributed by atoms with E-state index in [4.69, 9.17) is 43.9 Å². The van der Waals surface area contributed by atoms with Gasteiger partial charge in [0, 0.05) is 25.2 Å². The van der Waals surface area contributed by atoms with Gasteiger partial charge >= 0.3 is 5.97 Å². The van der Waals surface area contributed by atoms with Crippen LogP contribution in [-0.4, -0.2) is 74.5 Å². The Hall–Kier alpha value is -4.96. The summed E-state index contributed by atoms with van der Waals surface area (Å²) in [6.45, 7) is 7.51. The zero-order valence-electron chi connectivity index (χ0n) is 32.1. The maximum Gasteiger partial charge on any atom is 0.329 e. The summed E-state index contributed by atoms with van der Waals surface area (Å²) in [6, 6.07) is 17.1. The van der Waals surface area contributed by atoms with Crippen molar-refractivity contribution in [3.63, 3.8) is 0 Å². The third-order valence-electron chi connectivity index (χ3n) is 8.65. The number of Topliss-reactive ketones (excluding diaryl/α,β-unsaturated/α-hetero) is 1. The van der Waals surface area contributed by atoms with Gasteiger partial charge in [-0.2, -0.15) is 0 Å². The predicted octanol–water partition coefficient (Wildman–Crippen LogP) is 5.65. The van der Waals surface area contributed by atoms with Gasteiger partial charge < -0.3 is 25.9 Å². The van der Waals surface area contributed by atoms with Gasteiger partial charge in [0.1, 0.15) is 16.8 Å². The van der Waals surface area contributed by atoms with Gasteiger partial charge in [-0.3, -0.25) is 24.6 Å². The van der Waals surface area contributed by atoms with E-state index in [9.17, 15) is 27.6 Å². The standard InChI is InChI=1S/C40H50Cl2N6O8S/c1-4-28(3)38(51)31-19-20-33(37(42)36(31)41)55-26-34(49)45-21-10-5-6-11-22-46-39(52)32(47-56-35(50)25-29-15-8-7-9-16-29)18-13-23-48(40(43)44)57(53,54)30-17-12-14-27(2)24-30/h7-9,12,14-17,19-20,24,32,47H,3-6,10-11,13,18,21-23,25-26H2,1-2H3,(H3,43,44)(H,45,49)(H,46,52). The van der Waals surface area contributed by atoms with Crippen LogP contribution in [0.25, 0.3) is 0 Å². The van der Waals surface area contributed by atoms with Gasteiger partial charge in [-0.1, -0.05) is 92.0 Å². The summed E-state index contributed by atoms with van der Waals surface area (Å²) in [7, 11) is -4.13. The summed E-state index contributed by atoms with van der Waals surface area (Å²) >= 11 is 12.6. The fourth-order valence-electron chi connectivity index (χ4n) is 5.42. The molecule has 0 fully saturated rings. The van der Waals surface area contributed by atoms with E-state index in [0.717, 1.165) is 28.3 Å². The number of nitrogens with zero attached hydrogens (tertiary/aromatic N) is 1. The monoisotopic (exact) mass is 844 g/mol. The van der Waals surface area contributed by atoms with Gasteiger partial charge in [-0.25, -0.2) is 12.7 Å². The second-order valence-corrected chi connectivity index (χ2v) is 15.7. The van der Waals surface area contributed by atoms with Crippen molar-refractivity contribution in [1.29, 1.82) is 5.41 Å². The molecule has 17 heteroatoms. The van der Waals surface area contributed by atoms with Crippen molar-refractivity contribution >= 4 is 62.8 Å². The Morgan fingerprint density at radius 2 is 1.60 bits per heavy atom. The third kappa shape index (κ3) is 14.8. The van der Waals surface area contributed by atoms with Crippen LogP contribution < -0.4 is 26.6 Å². The van der Waals surface area contributed by atoms with E-state index in [0.29, 0.717) is 37.9 Å². The Morgan fingerprint density at radius 3 is 2.25 bits per heavy atom. The Kier molecular flexibility index (Phi) is 19.0. The first-order valence-corrected chi connectivity index (χ1v) is 20.7. The van der Waals surface area contributed by atoms with Crippen LogP contribution in [0.1, 0.15) is 73.4 Å². The molecule has 0 heterocycles. The molecule has 0 aromatic heterocycles. The molecular formula is C40H50Cl2N6O8S. The number of aryl methyl sites for hydroxylation is 1. The number of unbranched alkanes of at least 4 members (excludes halogenated alkanes) is 3.